The van der Waals surface area contributed by atoms with Crippen molar-refractivity contribution in [1.82, 2.24) is 0 Å². The molecule has 2 rings (SSSR count). The minimum Gasteiger partial charge on any atom is -0.481 e. The molecule has 80 valence electrons. The molecule has 0 radical (unpaired) electrons. The highest BCUT2D eigenvalue weighted by Gasteiger charge is 2.49. The lowest BCUT2D eigenvalue weighted by Crippen LogP contribution is -2.44. The van der Waals surface area contributed by atoms with Gasteiger partial charge in [0, 0.05) is 0 Å². The number of carbonyl (C=O) groups is 1. The summed E-state index contributed by atoms with van der Waals surface area (Å²) < 4.78 is 0. The first kappa shape index (κ1) is 10.0. The van der Waals surface area contributed by atoms with Crippen LogP contribution in [0.1, 0.15) is 57.8 Å². The maximum Gasteiger partial charge on any atom is 0.309 e. The lowest BCUT2D eigenvalue weighted by molar-refractivity contribution is -0.160. The van der Waals surface area contributed by atoms with Crippen molar-refractivity contribution >= 4 is 5.97 Å². The van der Waals surface area contributed by atoms with Crippen molar-refractivity contribution in [3.05, 3.63) is 0 Å². The molecule has 14 heavy (non-hydrogen) atoms. The van der Waals surface area contributed by atoms with Crippen LogP contribution in [0.3, 0.4) is 0 Å². The zero-order valence-corrected chi connectivity index (χ0v) is 8.80. The first-order valence-corrected chi connectivity index (χ1v) is 5.99. The van der Waals surface area contributed by atoms with Gasteiger partial charge in [0.05, 0.1) is 5.41 Å². The molecule has 0 aliphatic heterocycles. The Bertz CT molecular complexity index is 210. The van der Waals surface area contributed by atoms with Gasteiger partial charge in [-0.1, -0.05) is 32.1 Å². The van der Waals surface area contributed by atoms with E-state index >= 15 is 0 Å². The smallest absolute Gasteiger partial charge is 0.309 e. The second-order valence-electron chi connectivity index (χ2n) is 5.00. The molecular formula is C12H20O2. The van der Waals surface area contributed by atoms with Crippen LogP contribution < -0.4 is 0 Å². The summed E-state index contributed by atoms with van der Waals surface area (Å²) in [6.45, 7) is 0. The van der Waals surface area contributed by atoms with Crippen LogP contribution in [0.15, 0.2) is 0 Å². The maximum absolute atomic E-state index is 11.3. The van der Waals surface area contributed by atoms with Crippen molar-refractivity contribution in [3.63, 3.8) is 0 Å². The average molecular weight is 196 g/mol. The predicted octanol–water partition coefficient (Wildman–Crippen LogP) is 3.21. The quantitative estimate of drug-likeness (QED) is 0.688. The van der Waals surface area contributed by atoms with E-state index in [0.29, 0.717) is 5.92 Å². The third-order valence-electron chi connectivity index (χ3n) is 4.31. The average Bonchev–Trinajstić information content (AvgIpc) is 2.30. The van der Waals surface area contributed by atoms with E-state index in [-0.39, 0.29) is 5.41 Å². The van der Waals surface area contributed by atoms with E-state index in [0.717, 1.165) is 32.1 Å². The molecule has 0 bridgehead atoms. The third kappa shape index (κ3) is 1.55. The lowest BCUT2D eigenvalue weighted by atomic mass is 9.59. The Morgan fingerprint density at radius 3 is 1.93 bits per heavy atom. The Hall–Kier alpha value is -0.530. The molecule has 0 amide bonds. The van der Waals surface area contributed by atoms with Crippen molar-refractivity contribution in [3.8, 4) is 0 Å². The summed E-state index contributed by atoms with van der Waals surface area (Å²) in [6.07, 6.45) is 10.4. The minimum absolute atomic E-state index is 0.301. The number of carboxylic acids is 1. The van der Waals surface area contributed by atoms with Gasteiger partial charge in [-0.15, -0.1) is 0 Å². The summed E-state index contributed by atoms with van der Waals surface area (Å²) in [5, 5.41) is 9.33. The van der Waals surface area contributed by atoms with Gasteiger partial charge in [-0.25, -0.2) is 0 Å². The SMILES string of the molecule is O=C(O)C1(C2CCCCCC2)CCC1. The lowest BCUT2D eigenvalue weighted by Gasteiger charge is -2.44. The van der Waals surface area contributed by atoms with Gasteiger partial charge in [-0.2, -0.15) is 0 Å². The van der Waals surface area contributed by atoms with E-state index < -0.39 is 5.97 Å². The molecule has 2 fully saturated rings. The Morgan fingerprint density at radius 2 is 1.57 bits per heavy atom. The summed E-state index contributed by atoms with van der Waals surface area (Å²) in [5.41, 5.74) is -0.301. The van der Waals surface area contributed by atoms with Crippen molar-refractivity contribution in [2.45, 2.75) is 57.8 Å². The van der Waals surface area contributed by atoms with Crippen LogP contribution in [0.25, 0.3) is 0 Å². The summed E-state index contributed by atoms with van der Waals surface area (Å²) in [6, 6.07) is 0. The Morgan fingerprint density at radius 1 is 1.00 bits per heavy atom. The highest BCUT2D eigenvalue weighted by molar-refractivity contribution is 5.76. The molecule has 2 saturated carbocycles. The molecule has 0 aromatic carbocycles. The highest BCUT2D eigenvalue weighted by Crippen LogP contribution is 2.51. The highest BCUT2D eigenvalue weighted by atomic mass is 16.4. The monoisotopic (exact) mass is 196 g/mol. The molecule has 2 aliphatic rings. The second-order valence-corrected chi connectivity index (χ2v) is 5.00. The molecule has 0 spiro atoms. The van der Waals surface area contributed by atoms with Gasteiger partial charge in [-0.3, -0.25) is 4.79 Å². The van der Waals surface area contributed by atoms with Crippen molar-refractivity contribution < 1.29 is 9.90 Å². The molecule has 2 aliphatic carbocycles. The van der Waals surface area contributed by atoms with Gasteiger partial charge in [0.1, 0.15) is 0 Å². The Balaban J connectivity index is 2.06. The standard InChI is InChI=1S/C12H20O2/c13-11(14)12(8-5-9-12)10-6-3-1-2-4-7-10/h10H,1-9H2,(H,13,14). The largest absolute Gasteiger partial charge is 0.481 e. The van der Waals surface area contributed by atoms with Crippen molar-refractivity contribution in [1.29, 1.82) is 0 Å². The van der Waals surface area contributed by atoms with Crippen molar-refractivity contribution in [2.24, 2.45) is 11.3 Å². The molecule has 1 N–H and O–H groups in total. The molecule has 0 unspecified atom stereocenters. The maximum atomic E-state index is 11.3. The summed E-state index contributed by atoms with van der Waals surface area (Å²) >= 11 is 0. The Labute approximate surface area is 85.7 Å². The second kappa shape index (κ2) is 3.92. The van der Waals surface area contributed by atoms with Crippen LogP contribution in [-0.2, 0) is 4.79 Å². The van der Waals surface area contributed by atoms with Gasteiger partial charge in [0.25, 0.3) is 0 Å². The summed E-state index contributed by atoms with van der Waals surface area (Å²) in [4.78, 5) is 11.3. The van der Waals surface area contributed by atoms with E-state index in [2.05, 4.69) is 0 Å². The van der Waals surface area contributed by atoms with Crippen LogP contribution >= 0.6 is 0 Å². The van der Waals surface area contributed by atoms with Crippen LogP contribution in [0.5, 0.6) is 0 Å². The molecule has 0 atom stereocenters. The van der Waals surface area contributed by atoms with E-state index in [1.54, 1.807) is 0 Å². The van der Waals surface area contributed by atoms with E-state index in [4.69, 9.17) is 0 Å². The van der Waals surface area contributed by atoms with E-state index in [1.807, 2.05) is 0 Å². The third-order valence-corrected chi connectivity index (χ3v) is 4.31. The van der Waals surface area contributed by atoms with Crippen LogP contribution in [0, 0.1) is 11.3 Å². The van der Waals surface area contributed by atoms with Crippen LogP contribution in [0.4, 0.5) is 0 Å². The first-order valence-electron chi connectivity index (χ1n) is 5.99. The topological polar surface area (TPSA) is 37.3 Å². The minimum atomic E-state index is -0.518. The first-order chi connectivity index (χ1) is 6.76. The number of hydrogen-bond acceptors (Lipinski definition) is 1. The zero-order chi connectivity index (χ0) is 10.0. The molecule has 0 aromatic heterocycles. The fourth-order valence-electron chi connectivity index (χ4n) is 3.19. The van der Waals surface area contributed by atoms with Crippen LogP contribution in [-0.4, -0.2) is 11.1 Å². The van der Waals surface area contributed by atoms with Gasteiger partial charge in [-0.05, 0) is 31.6 Å². The van der Waals surface area contributed by atoms with E-state index in [9.17, 15) is 9.90 Å². The molecule has 2 nitrogen and oxygen atoms in total. The van der Waals surface area contributed by atoms with Gasteiger partial charge >= 0.3 is 5.97 Å². The van der Waals surface area contributed by atoms with E-state index in [1.165, 1.54) is 25.7 Å². The molecule has 0 saturated heterocycles. The molecule has 0 heterocycles. The normalized spacial score (nSPS) is 27.7. The van der Waals surface area contributed by atoms with Crippen molar-refractivity contribution in [2.75, 3.05) is 0 Å². The number of aliphatic carboxylic acids is 1. The fraction of sp³-hybridized carbons (Fsp3) is 0.917. The van der Waals surface area contributed by atoms with Gasteiger partial charge in [0.2, 0.25) is 0 Å². The van der Waals surface area contributed by atoms with Crippen LogP contribution in [0.2, 0.25) is 0 Å². The number of hydrogen-bond donors (Lipinski definition) is 1. The molecule has 2 heteroatoms. The Kier molecular flexibility index (Phi) is 2.80. The number of rotatable bonds is 2. The van der Waals surface area contributed by atoms with Gasteiger partial charge in [0.15, 0.2) is 0 Å². The summed E-state index contributed by atoms with van der Waals surface area (Å²) in [7, 11) is 0. The molecule has 0 aromatic rings. The van der Waals surface area contributed by atoms with Gasteiger partial charge < -0.3 is 5.11 Å². The number of carboxylic acid groups (broad SMARTS) is 1. The fourth-order valence-corrected chi connectivity index (χ4v) is 3.19. The molecular weight excluding hydrogens is 176 g/mol. The summed E-state index contributed by atoms with van der Waals surface area (Å²) in [5.74, 6) is -0.0353. The zero-order valence-electron chi connectivity index (χ0n) is 8.80. The predicted molar refractivity (Wildman–Crippen MR) is 55.1 cm³/mol.